The van der Waals surface area contributed by atoms with Gasteiger partial charge in [0.1, 0.15) is 11.4 Å². The zero-order valence-corrected chi connectivity index (χ0v) is 11.7. The summed E-state index contributed by atoms with van der Waals surface area (Å²) in [7, 11) is 0. The van der Waals surface area contributed by atoms with Crippen LogP contribution in [0.2, 0.25) is 0 Å². The van der Waals surface area contributed by atoms with E-state index >= 15 is 0 Å². The molecule has 0 aromatic carbocycles. The Kier molecular flexibility index (Phi) is 3.43. The SMILES string of the molecule is CC1C(=O)N(C2CCC(F)(F)CC2)N=C1c1cnccn1. The van der Waals surface area contributed by atoms with Gasteiger partial charge in [-0.25, -0.2) is 13.8 Å². The van der Waals surface area contributed by atoms with Gasteiger partial charge in [-0.1, -0.05) is 0 Å². The molecule has 1 unspecified atom stereocenters. The number of alkyl halides is 2. The zero-order valence-electron chi connectivity index (χ0n) is 11.7. The lowest BCUT2D eigenvalue weighted by molar-refractivity contribution is -0.136. The molecular weight excluding hydrogens is 278 g/mol. The third-order valence-electron chi connectivity index (χ3n) is 4.08. The molecule has 21 heavy (non-hydrogen) atoms. The van der Waals surface area contributed by atoms with E-state index in [9.17, 15) is 13.6 Å². The zero-order chi connectivity index (χ0) is 15.0. The summed E-state index contributed by atoms with van der Waals surface area (Å²) in [6.45, 7) is 1.76. The molecule has 5 nitrogen and oxygen atoms in total. The molecule has 1 aromatic rings. The smallest absolute Gasteiger partial charge is 0.251 e. The predicted octanol–water partition coefficient (Wildman–Crippen LogP) is 2.24. The van der Waals surface area contributed by atoms with Gasteiger partial charge in [0.2, 0.25) is 5.92 Å². The second-order valence-electron chi connectivity index (χ2n) is 5.57. The van der Waals surface area contributed by atoms with Gasteiger partial charge in [0.05, 0.1) is 18.2 Å². The van der Waals surface area contributed by atoms with Crippen molar-refractivity contribution in [2.45, 2.75) is 44.6 Å². The van der Waals surface area contributed by atoms with Crippen molar-refractivity contribution in [1.82, 2.24) is 15.0 Å². The lowest BCUT2D eigenvalue weighted by Crippen LogP contribution is -2.40. The molecule has 112 valence electrons. The summed E-state index contributed by atoms with van der Waals surface area (Å²) in [5.41, 5.74) is 1.12. The monoisotopic (exact) mass is 294 g/mol. The quantitative estimate of drug-likeness (QED) is 0.840. The summed E-state index contributed by atoms with van der Waals surface area (Å²) >= 11 is 0. The normalized spacial score (nSPS) is 26.0. The van der Waals surface area contributed by atoms with Crippen LogP contribution in [0.1, 0.15) is 38.3 Å². The number of carbonyl (C=O) groups excluding carboxylic acids is 1. The highest BCUT2D eigenvalue weighted by molar-refractivity contribution is 6.14. The summed E-state index contributed by atoms with van der Waals surface area (Å²) in [4.78, 5) is 20.5. The largest absolute Gasteiger partial charge is 0.272 e. The number of aromatic nitrogens is 2. The van der Waals surface area contributed by atoms with E-state index in [0.717, 1.165) is 0 Å². The molecule has 0 N–H and O–H groups in total. The first-order valence-corrected chi connectivity index (χ1v) is 7.04. The Morgan fingerprint density at radius 2 is 2.00 bits per heavy atom. The fourth-order valence-corrected chi connectivity index (χ4v) is 2.80. The molecule has 1 aliphatic heterocycles. The van der Waals surface area contributed by atoms with E-state index in [-0.39, 0.29) is 37.6 Å². The summed E-state index contributed by atoms with van der Waals surface area (Å²) in [5, 5.41) is 5.72. The van der Waals surface area contributed by atoms with E-state index in [1.54, 1.807) is 25.5 Å². The van der Waals surface area contributed by atoms with Crippen molar-refractivity contribution in [3.63, 3.8) is 0 Å². The first-order valence-electron chi connectivity index (χ1n) is 7.04. The van der Waals surface area contributed by atoms with Crippen LogP contribution in [0.4, 0.5) is 8.78 Å². The Labute approximate surface area is 121 Å². The highest BCUT2D eigenvalue weighted by Gasteiger charge is 2.42. The van der Waals surface area contributed by atoms with Crippen LogP contribution in [0, 0.1) is 5.92 Å². The van der Waals surface area contributed by atoms with E-state index in [2.05, 4.69) is 15.1 Å². The van der Waals surface area contributed by atoms with Crippen LogP contribution < -0.4 is 0 Å². The van der Waals surface area contributed by atoms with Crippen LogP contribution in [0.25, 0.3) is 0 Å². The molecule has 2 heterocycles. The number of nitrogens with zero attached hydrogens (tertiary/aromatic N) is 4. The van der Waals surface area contributed by atoms with Crippen molar-refractivity contribution >= 4 is 11.6 Å². The molecule has 0 saturated heterocycles. The van der Waals surface area contributed by atoms with Crippen molar-refractivity contribution in [2.24, 2.45) is 11.0 Å². The van der Waals surface area contributed by atoms with E-state index in [4.69, 9.17) is 0 Å². The topological polar surface area (TPSA) is 58.5 Å². The molecule has 0 spiro atoms. The minimum atomic E-state index is -2.61. The first kappa shape index (κ1) is 14.0. The van der Waals surface area contributed by atoms with Crippen molar-refractivity contribution in [2.75, 3.05) is 0 Å². The molecule has 1 aliphatic carbocycles. The first-order chi connectivity index (χ1) is 9.98. The highest BCUT2D eigenvalue weighted by atomic mass is 19.3. The molecule has 2 aliphatic rings. The van der Waals surface area contributed by atoms with Gasteiger partial charge in [0.25, 0.3) is 5.91 Å². The van der Waals surface area contributed by atoms with Crippen molar-refractivity contribution in [3.8, 4) is 0 Å². The van der Waals surface area contributed by atoms with Gasteiger partial charge in [-0.15, -0.1) is 0 Å². The second kappa shape index (κ2) is 5.13. The van der Waals surface area contributed by atoms with Crippen molar-refractivity contribution in [1.29, 1.82) is 0 Å². The molecule has 7 heteroatoms. The molecule has 1 amide bonds. The fraction of sp³-hybridized carbons (Fsp3) is 0.571. The predicted molar refractivity (Wildman–Crippen MR) is 71.8 cm³/mol. The van der Waals surface area contributed by atoms with E-state index in [1.807, 2.05) is 0 Å². The maximum Gasteiger partial charge on any atom is 0.251 e. The molecule has 1 atom stereocenters. The Hall–Kier alpha value is -1.92. The van der Waals surface area contributed by atoms with Gasteiger partial charge < -0.3 is 0 Å². The number of hydrogen-bond donors (Lipinski definition) is 0. The molecule has 3 rings (SSSR count). The number of hydrazone groups is 1. The Bertz CT molecular complexity index is 566. The Morgan fingerprint density at radius 3 is 2.62 bits per heavy atom. The number of hydrogen-bond acceptors (Lipinski definition) is 4. The summed E-state index contributed by atoms with van der Waals surface area (Å²) in [6.07, 6.45) is 4.83. The highest BCUT2D eigenvalue weighted by Crippen LogP contribution is 2.36. The van der Waals surface area contributed by atoms with Gasteiger partial charge in [-0.3, -0.25) is 14.8 Å². The molecule has 1 fully saturated rings. The van der Waals surface area contributed by atoms with Crippen LogP contribution in [0.5, 0.6) is 0 Å². The minimum absolute atomic E-state index is 0.147. The molecular formula is C14H16F2N4O. The lowest BCUT2D eigenvalue weighted by atomic mass is 9.91. The molecule has 1 aromatic heterocycles. The average molecular weight is 294 g/mol. The van der Waals surface area contributed by atoms with Gasteiger partial charge in [0, 0.05) is 25.2 Å². The van der Waals surface area contributed by atoms with E-state index in [0.29, 0.717) is 11.4 Å². The van der Waals surface area contributed by atoms with Gasteiger partial charge >= 0.3 is 0 Å². The number of rotatable bonds is 2. The summed E-state index contributed by atoms with van der Waals surface area (Å²) < 4.78 is 26.4. The fourth-order valence-electron chi connectivity index (χ4n) is 2.80. The van der Waals surface area contributed by atoms with Crippen LogP contribution in [-0.2, 0) is 4.79 Å². The van der Waals surface area contributed by atoms with E-state index in [1.165, 1.54) is 5.01 Å². The minimum Gasteiger partial charge on any atom is -0.272 e. The Balaban J connectivity index is 1.81. The number of carbonyl (C=O) groups is 1. The van der Waals surface area contributed by atoms with Crippen molar-refractivity contribution in [3.05, 3.63) is 24.3 Å². The van der Waals surface area contributed by atoms with Crippen LogP contribution in [0.15, 0.2) is 23.7 Å². The molecule has 1 saturated carbocycles. The number of amides is 1. The van der Waals surface area contributed by atoms with Gasteiger partial charge in [-0.2, -0.15) is 5.10 Å². The molecule has 0 bridgehead atoms. The van der Waals surface area contributed by atoms with Crippen LogP contribution in [0.3, 0.4) is 0 Å². The third-order valence-corrected chi connectivity index (χ3v) is 4.08. The second-order valence-corrected chi connectivity index (χ2v) is 5.57. The Morgan fingerprint density at radius 1 is 1.29 bits per heavy atom. The van der Waals surface area contributed by atoms with Gasteiger partial charge in [-0.05, 0) is 19.8 Å². The maximum atomic E-state index is 13.2. The van der Waals surface area contributed by atoms with Crippen LogP contribution >= 0.6 is 0 Å². The van der Waals surface area contributed by atoms with Crippen LogP contribution in [-0.4, -0.2) is 38.6 Å². The standard InChI is InChI=1S/C14H16F2N4O/c1-9-12(11-8-17-6-7-18-11)19-20(13(9)21)10-2-4-14(15,16)5-3-10/h6-10H,2-5H2,1H3. The van der Waals surface area contributed by atoms with Crippen molar-refractivity contribution < 1.29 is 13.6 Å². The maximum absolute atomic E-state index is 13.2. The molecule has 0 radical (unpaired) electrons. The lowest BCUT2D eigenvalue weighted by Gasteiger charge is -2.32. The third kappa shape index (κ3) is 2.64. The summed E-state index contributed by atoms with van der Waals surface area (Å²) in [6, 6.07) is -0.242. The average Bonchev–Trinajstić information content (AvgIpc) is 2.77. The van der Waals surface area contributed by atoms with Gasteiger partial charge in [0.15, 0.2) is 0 Å². The summed E-state index contributed by atoms with van der Waals surface area (Å²) in [5.74, 6) is -3.17. The van der Waals surface area contributed by atoms with E-state index < -0.39 is 11.8 Å². The number of halogens is 2.